The molecule has 18 heavy (non-hydrogen) atoms. The lowest BCUT2D eigenvalue weighted by Crippen LogP contribution is -2.45. The molecular weight excluding hydrogens is 226 g/mol. The quantitative estimate of drug-likeness (QED) is 0.801. The fraction of sp³-hybridized carbons (Fsp3) is 0.929. The second kappa shape index (κ2) is 4.82. The van der Waals surface area contributed by atoms with E-state index >= 15 is 0 Å². The highest BCUT2D eigenvalue weighted by Crippen LogP contribution is 2.43. The van der Waals surface area contributed by atoms with Crippen molar-refractivity contribution < 1.29 is 4.79 Å². The van der Waals surface area contributed by atoms with Crippen LogP contribution in [0.5, 0.6) is 0 Å². The number of carbonyl (C=O) groups is 1. The van der Waals surface area contributed by atoms with Crippen molar-refractivity contribution in [1.82, 2.24) is 15.1 Å². The highest BCUT2D eigenvalue weighted by molar-refractivity contribution is 5.91. The SMILES string of the molecule is CC(C)C1NC2(CC2)C(=O)N1CCN(C)C(C)C. The molecule has 104 valence electrons. The first-order valence-corrected chi connectivity index (χ1v) is 7.16. The van der Waals surface area contributed by atoms with Crippen molar-refractivity contribution in [3.8, 4) is 0 Å². The molecule has 1 heterocycles. The van der Waals surface area contributed by atoms with E-state index in [1.165, 1.54) is 0 Å². The summed E-state index contributed by atoms with van der Waals surface area (Å²) in [5.41, 5.74) is -0.175. The molecule has 1 aliphatic carbocycles. The van der Waals surface area contributed by atoms with Gasteiger partial charge in [0, 0.05) is 19.1 Å². The van der Waals surface area contributed by atoms with Gasteiger partial charge in [0.05, 0.1) is 11.7 Å². The second-order valence-electron chi connectivity index (χ2n) is 6.49. The van der Waals surface area contributed by atoms with Gasteiger partial charge >= 0.3 is 0 Å². The van der Waals surface area contributed by atoms with Crippen molar-refractivity contribution in [3.05, 3.63) is 0 Å². The van der Waals surface area contributed by atoms with Crippen LogP contribution in [0.2, 0.25) is 0 Å². The predicted octanol–water partition coefficient (Wildman–Crippen LogP) is 1.27. The number of hydrogen-bond acceptors (Lipinski definition) is 3. The van der Waals surface area contributed by atoms with Gasteiger partial charge in [-0.2, -0.15) is 0 Å². The average Bonchev–Trinajstić information content (AvgIpc) is 3.01. The first-order valence-electron chi connectivity index (χ1n) is 7.16. The summed E-state index contributed by atoms with van der Waals surface area (Å²) in [5, 5.41) is 3.55. The minimum Gasteiger partial charge on any atom is -0.324 e. The molecule has 4 heteroatoms. The van der Waals surface area contributed by atoms with Crippen LogP contribution in [0, 0.1) is 5.92 Å². The van der Waals surface area contributed by atoms with E-state index in [1.54, 1.807) is 0 Å². The molecule has 1 amide bonds. The molecule has 1 aliphatic heterocycles. The molecule has 0 bridgehead atoms. The zero-order chi connectivity index (χ0) is 13.5. The van der Waals surface area contributed by atoms with Gasteiger partial charge in [-0.15, -0.1) is 0 Å². The minimum absolute atomic E-state index is 0.175. The summed E-state index contributed by atoms with van der Waals surface area (Å²) in [6, 6.07) is 0.531. The smallest absolute Gasteiger partial charge is 0.244 e. The van der Waals surface area contributed by atoms with Gasteiger partial charge < -0.3 is 9.80 Å². The van der Waals surface area contributed by atoms with Gasteiger partial charge in [-0.1, -0.05) is 13.8 Å². The van der Waals surface area contributed by atoms with Gasteiger partial charge in [-0.05, 0) is 39.7 Å². The molecule has 1 atom stereocenters. The topological polar surface area (TPSA) is 35.6 Å². The summed E-state index contributed by atoms with van der Waals surface area (Å²) < 4.78 is 0. The van der Waals surface area contributed by atoms with E-state index in [0.29, 0.717) is 17.9 Å². The van der Waals surface area contributed by atoms with Crippen LogP contribution in [0.1, 0.15) is 40.5 Å². The van der Waals surface area contributed by atoms with Crippen LogP contribution in [0.4, 0.5) is 0 Å². The average molecular weight is 253 g/mol. The number of nitrogens with zero attached hydrogens (tertiary/aromatic N) is 2. The molecule has 1 N–H and O–H groups in total. The Morgan fingerprint density at radius 1 is 1.39 bits per heavy atom. The lowest BCUT2D eigenvalue weighted by molar-refractivity contribution is -0.131. The first kappa shape index (κ1) is 13.8. The zero-order valence-electron chi connectivity index (χ0n) is 12.4. The Balaban J connectivity index is 1.98. The minimum atomic E-state index is -0.175. The lowest BCUT2D eigenvalue weighted by atomic mass is 10.1. The summed E-state index contributed by atoms with van der Waals surface area (Å²) >= 11 is 0. The van der Waals surface area contributed by atoms with Crippen LogP contribution in [0.25, 0.3) is 0 Å². The van der Waals surface area contributed by atoms with E-state index in [0.717, 1.165) is 25.9 Å². The molecule has 1 saturated carbocycles. The monoisotopic (exact) mass is 253 g/mol. The number of likely N-dealkylation sites (N-methyl/N-ethyl adjacent to an activating group) is 1. The molecule has 2 fully saturated rings. The number of amides is 1. The van der Waals surface area contributed by atoms with Crippen molar-refractivity contribution in [2.24, 2.45) is 5.92 Å². The van der Waals surface area contributed by atoms with Crippen molar-refractivity contribution >= 4 is 5.91 Å². The standard InChI is InChI=1S/C14H27N3O/c1-10(2)12-15-14(6-7-14)13(18)17(12)9-8-16(5)11(3)4/h10-12,15H,6-9H2,1-5H3. The molecule has 1 unspecified atom stereocenters. The fourth-order valence-corrected chi connectivity index (χ4v) is 2.60. The first-order chi connectivity index (χ1) is 8.37. The number of rotatable bonds is 5. The largest absolute Gasteiger partial charge is 0.324 e. The van der Waals surface area contributed by atoms with E-state index in [-0.39, 0.29) is 11.7 Å². The predicted molar refractivity (Wildman–Crippen MR) is 73.2 cm³/mol. The van der Waals surface area contributed by atoms with E-state index in [1.807, 2.05) is 0 Å². The van der Waals surface area contributed by atoms with Gasteiger partial charge in [-0.3, -0.25) is 10.1 Å². The van der Waals surface area contributed by atoms with Crippen LogP contribution >= 0.6 is 0 Å². The summed E-state index contributed by atoms with van der Waals surface area (Å²) in [7, 11) is 2.12. The molecule has 2 aliphatic rings. The molecule has 0 radical (unpaired) electrons. The van der Waals surface area contributed by atoms with Crippen LogP contribution in [0.3, 0.4) is 0 Å². The van der Waals surface area contributed by atoms with Gasteiger partial charge in [0.25, 0.3) is 0 Å². The number of hydrogen-bond donors (Lipinski definition) is 1. The van der Waals surface area contributed by atoms with Crippen LogP contribution < -0.4 is 5.32 Å². The normalized spacial score (nSPS) is 26.1. The maximum atomic E-state index is 12.4. The van der Waals surface area contributed by atoms with Crippen LogP contribution in [-0.4, -0.2) is 53.6 Å². The van der Waals surface area contributed by atoms with E-state index < -0.39 is 0 Å². The zero-order valence-corrected chi connectivity index (χ0v) is 12.4. The summed E-state index contributed by atoms with van der Waals surface area (Å²) in [6.07, 6.45) is 2.26. The molecule has 0 aromatic rings. The third kappa shape index (κ3) is 2.41. The Morgan fingerprint density at radius 3 is 2.44 bits per heavy atom. The summed E-state index contributed by atoms with van der Waals surface area (Å²) in [6.45, 7) is 10.5. The van der Waals surface area contributed by atoms with Crippen molar-refractivity contribution in [2.45, 2.75) is 58.3 Å². The third-order valence-corrected chi connectivity index (χ3v) is 4.39. The Labute approximate surface area is 111 Å². The van der Waals surface area contributed by atoms with Gasteiger partial charge in [-0.25, -0.2) is 0 Å². The number of nitrogens with one attached hydrogen (secondary N) is 1. The fourth-order valence-electron chi connectivity index (χ4n) is 2.60. The van der Waals surface area contributed by atoms with E-state index in [9.17, 15) is 4.79 Å². The van der Waals surface area contributed by atoms with Gasteiger partial charge in [0.15, 0.2) is 0 Å². The Bertz CT molecular complexity index is 323. The summed E-state index contributed by atoms with van der Waals surface area (Å²) in [4.78, 5) is 16.8. The third-order valence-electron chi connectivity index (χ3n) is 4.39. The number of carbonyl (C=O) groups excluding carboxylic acids is 1. The molecule has 0 aromatic carbocycles. The lowest BCUT2D eigenvalue weighted by Gasteiger charge is -2.30. The Hall–Kier alpha value is -0.610. The molecule has 4 nitrogen and oxygen atoms in total. The maximum absolute atomic E-state index is 12.4. The van der Waals surface area contributed by atoms with Gasteiger partial charge in [0.2, 0.25) is 5.91 Å². The Kier molecular flexibility index (Phi) is 3.70. The van der Waals surface area contributed by atoms with Crippen LogP contribution in [0.15, 0.2) is 0 Å². The van der Waals surface area contributed by atoms with Gasteiger partial charge in [0.1, 0.15) is 0 Å². The van der Waals surface area contributed by atoms with E-state index in [4.69, 9.17) is 0 Å². The summed E-state index contributed by atoms with van der Waals surface area (Å²) in [5.74, 6) is 0.802. The second-order valence-corrected chi connectivity index (χ2v) is 6.49. The van der Waals surface area contributed by atoms with E-state index in [2.05, 4.69) is 49.9 Å². The Morgan fingerprint density at radius 2 is 2.00 bits per heavy atom. The molecule has 1 saturated heterocycles. The van der Waals surface area contributed by atoms with Crippen molar-refractivity contribution in [1.29, 1.82) is 0 Å². The molecule has 0 aromatic heterocycles. The van der Waals surface area contributed by atoms with Crippen molar-refractivity contribution in [3.63, 3.8) is 0 Å². The maximum Gasteiger partial charge on any atom is 0.244 e. The molecular formula is C14H27N3O. The molecule has 1 spiro atoms. The molecule has 2 rings (SSSR count). The highest BCUT2D eigenvalue weighted by atomic mass is 16.2. The highest BCUT2D eigenvalue weighted by Gasteiger charge is 2.59. The van der Waals surface area contributed by atoms with Crippen LogP contribution in [-0.2, 0) is 4.79 Å². The van der Waals surface area contributed by atoms with Crippen molar-refractivity contribution in [2.75, 3.05) is 20.1 Å².